The van der Waals surface area contributed by atoms with Crippen molar-refractivity contribution in [2.45, 2.75) is 70.2 Å². The molecule has 1 aromatic rings. The number of ether oxygens (including phenoxy) is 1. The number of fused-ring (bicyclic) bond motifs is 2. The molecule has 1 aromatic heterocycles. The summed E-state index contributed by atoms with van der Waals surface area (Å²) in [5, 5.41) is 12.2. The molecule has 2 N–H and O–H groups in total. The number of alkyl carbamates (subject to hydrolysis) is 1. The van der Waals surface area contributed by atoms with Crippen molar-refractivity contribution < 1.29 is 24.2 Å². The van der Waals surface area contributed by atoms with Gasteiger partial charge in [0.05, 0.1) is 6.20 Å². The Morgan fingerprint density at radius 1 is 1.21 bits per heavy atom. The second kappa shape index (κ2) is 7.73. The van der Waals surface area contributed by atoms with Crippen molar-refractivity contribution >= 4 is 18.0 Å². The quantitative estimate of drug-likeness (QED) is 0.804. The third-order valence-electron chi connectivity index (χ3n) is 5.20. The molecular weight excluding hydrogens is 364 g/mol. The van der Waals surface area contributed by atoms with E-state index >= 15 is 0 Å². The molecule has 2 amide bonds. The molecule has 2 bridgehead atoms. The topological polar surface area (TPSA) is 122 Å². The number of carboxylic acid groups (broad SMARTS) is 1. The van der Waals surface area contributed by atoms with Gasteiger partial charge in [0.1, 0.15) is 17.3 Å². The van der Waals surface area contributed by atoms with E-state index in [0.717, 1.165) is 12.8 Å². The maximum atomic E-state index is 12.8. The van der Waals surface area contributed by atoms with E-state index in [1.807, 2.05) is 4.90 Å². The summed E-state index contributed by atoms with van der Waals surface area (Å²) in [6.07, 6.45) is 6.33. The van der Waals surface area contributed by atoms with Gasteiger partial charge in [0.25, 0.3) is 5.91 Å². The Morgan fingerprint density at radius 3 is 2.36 bits per heavy atom. The summed E-state index contributed by atoms with van der Waals surface area (Å²) < 4.78 is 5.20. The van der Waals surface area contributed by atoms with Gasteiger partial charge in [-0.25, -0.2) is 14.6 Å². The lowest BCUT2D eigenvalue weighted by atomic mass is 9.84. The number of rotatable bonds is 4. The Hall–Kier alpha value is -2.71. The van der Waals surface area contributed by atoms with Crippen LogP contribution in [0.2, 0.25) is 0 Å². The summed E-state index contributed by atoms with van der Waals surface area (Å²) in [5.74, 6) is -1.54. The van der Waals surface area contributed by atoms with Gasteiger partial charge in [0.2, 0.25) is 0 Å². The van der Waals surface area contributed by atoms with Crippen LogP contribution in [0.4, 0.5) is 4.79 Å². The second-order valence-corrected chi connectivity index (χ2v) is 8.38. The number of carbonyl (C=O) groups excluding carboxylic acids is 2. The maximum absolute atomic E-state index is 12.8. The van der Waals surface area contributed by atoms with Crippen molar-refractivity contribution in [1.29, 1.82) is 0 Å². The predicted octanol–water partition coefficient (Wildman–Crippen LogP) is 1.84. The van der Waals surface area contributed by atoms with Crippen molar-refractivity contribution in [2.75, 3.05) is 0 Å². The molecule has 9 heteroatoms. The molecule has 9 nitrogen and oxygen atoms in total. The lowest BCUT2D eigenvalue weighted by molar-refractivity contribution is -0.141. The molecule has 2 aliphatic rings. The zero-order valence-corrected chi connectivity index (χ0v) is 16.3. The van der Waals surface area contributed by atoms with E-state index < -0.39 is 23.7 Å². The third-order valence-corrected chi connectivity index (χ3v) is 5.20. The van der Waals surface area contributed by atoms with Crippen LogP contribution < -0.4 is 5.32 Å². The van der Waals surface area contributed by atoms with E-state index in [-0.39, 0.29) is 23.9 Å². The highest BCUT2D eigenvalue weighted by atomic mass is 16.6. The molecule has 0 saturated carbocycles. The van der Waals surface area contributed by atoms with Gasteiger partial charge in [0, 0.05) is 24.5 Å². The Morgan fingerprint density at radius 2 is 1.86 bits per heavy atom. The molecule has 28 heavy (non-hydrogen) atoms. The van der Waals surface area contributed by atoms with E-state index in [2.05, 4.69) is 15.3 Å². The molecule has 2 unspecified atom stereocenters. The number of aromatic nitrogens is 2. The molecular formula is C19H26N4O5. The summed E-state index contributed by atoms with van der Waals surface area (Å²) in [4.78, 5) is 46.5. The number of aliphatic carboxylic acids is 1. The van der Waals surface area contributed by atoms with Gasteiger partial charge >= 0.3 is 12.1 Å². The highest BCUT2D eigenvalue weighted by Gasteiger charge is 2.47. The molecule has 2 saturated heterocycles. The Balaban J connectivity index is 1.70. The van der Waals surface area contributed by atoms with Gasteiger partial charge in [-0.2, -0.15) is 0 Å². The Bertz CT molecular complexity index is 734. The molecule has 0 aliphatic carbocycles. The van der Waals surface area contributed by atoms with Crippen molar-refractivity contribution in [3.05, 3.63) is 24.3 Å². The number of hydrogen-bond donors (Lipinski definition) is 2. The maximum Gasteiger partial charge on any atom is 0.408 e. The fourth-order valence-electron chi connectivity index (χ4n) is 4.18. The predicted molar refractivity (Wildman–Crippen MR) is 98.5 cm³/mol. The van der Waals surface area contributed by atoms with Crippen LogP contribution >= 0.6 is 0 Å². The number of piperidine rings is 1. The van der Waals surface area contributed by atoms with Crippen LogP contribution in [0.1, 0.15) is 56.9 Å². The summed E-state index contributed by atoms with van der Waals surface area (Å²) in [7, 11) is 0. The molecule has 2 fully saturated rings. The van der Waals surface area contributed by atoms with Crippen LogP contribution in [0.5, 0.6) is 0 Å². The number of amides is 2. The first kappa shape index (κ1) is 20.0. The van der Waals surface area contributed by atoms with Gasteiger partial charge in [-0.15, -0.1) is 0 Å². The standard InChI is InChI=1S/C19H26N4O5/c1-19(2,3)28-18(27)22-15(17(25)26)11-8-12-4-5-13(9-11)23(12)16(24)14-10-20-6-7-21-14/h6-7,10-13,15H,4-5,8-9H2,1-3H3,(H,22,27)(H,25,26)/t11?,12?,13?,15-/m1/s1. The van der Waals surface area contributed by atoms with Crippen LogP contribution in [-0.2, 0) is 9.53 Å². The minimum Gasteiger partial charge on any atom is -0.480 e. The molecule has 2 aliphatic heterocycles. The van der Waals surface area contributed by atoms with E-state index in [9.17, 15) is 19.5 Å². The van der Waals surface area contributed by atoms with Crippen molar-refractivity contribution in [2.24, 2.45) is 5.92 Å². The SMILES string of the molecule is CC(C)(C)OC(=O)N[C@@H](C(=O)O)C1CC2CCC(C1)N2C(=O)c1cnccn1. The van der Waals surface area contributed by atoms with Crippen LogP contribution in [-0.4, -0.2) is 61.7 Å². The van der Waals surface area contributed by atoms with Gasteiger partial charge in [-0.1, -0.05) is 0 Å². The lowest BCUT2D eigenvalue weighted by Gasteiger charge is -2.40. The van der Waals surface area contributed by atoms with Gasteiger partial charge in [0.15, 0.2) is 0 Å². The monoisotopic (exact) mass is 390 g/mol. The normalized spacial score (nSPS) is 25.1. The fourth-order valence-corrected chi connectivity index (χ4v) is 4.18. The van der Waals surface area contributed by atoms with E-state index in [0.29, 0.717) is 18.5 Å². The van der Waals surface area contributed by atoms with Crippen LogP contribution in [0, 0.1) is 5.92 Å². The molecule has 0 aromatic carbocycles. The van der Waals surface area contributed by atoms with Crippen molar-refractivity contribution in [3.63, 3.8) is 0 Å². The van der Waals surface area contributed by atoms with Crippen molar-refractivity contribution in [3.8, 4) is 0 Å². The summed E-state index contributed by atoms with van der Waals surface area (Å²) in [6.45, 7) is 5.16. The molecule has 3 rings (SSSR count). The number of nitrogens with zero attached hydrogens (tertiary/aromatic N) is 3. The average Bonchev–Trinajstić information content (AvgIpc) is 2.87. The zero-order valence-electron chi connectivity index (χ0n) is 16.3. The zero-order chi connectivity index (χ0) is 20.5. The summed E-state index contributed by atoms with van der Waals surface area (Å²) in [5.41, 5.74) is -0.418. The van der Waals surface area contributed by atoms with E-state index in [4.69, 9.17) is 4.74 Å². The lowest BCUT2D eigenvalue weighted by Crippen LogP contribution is -2.54. The van der Waals surface area contributed by atoms with Crippen LogP contribution in [0.3, 0.4) is 0 Å². The number of hydrogen-bond acceptors (Lipinski definition) is 6. The Labute approximate surface area is 163 Å². The molecule has 152 valence electrons. The number of nitrogens with one attached hydrogen (secondary N) is 1. The highest BCUT2D eigenvalue weighted by molar-refractivity contribution is 5.92. The minimum atomic E-state index is -1.09. The van der Waals surface area contributed by atoms with Crippen LogP contribution in [0.15, 0.2) is 18.6 Å². The molecule has 0 radical (unpaired) electrons. The van der Waals surface area contributed by atoms with E-state index in [1.165, 1.54) is 18.6 Å². The summed E-state index contributed by atoms with van der Waals surface area (Å²) >= 11 is 0. The smallest absolute Gasteiger partial charge is 0.408 e. The average molecular weight is 390 g/mol. The number of carboxylic acids is 1. The largest absolute Gasteiger partial charge is 0.480 e. The summed E-state index contributed by atoms with van der Waals surface area (Å²) in [6, 6.07) is -1.19. The van der Waals surface area contributed by atoms with Gasteiger partial charge in [-0.05, 0) is 52.4 Å². The molecule has 3 heterocycles. The molecule has 3 atom stereocenters. The van der Waals surface area contributed by atoms with Gasteiger partial charge in [-0.3, -0.25) is 9.78 Å². The second-order valence-electron chi connectivity index (χ2n) is 8.38. The number of carbonyl (C=O) groups is 3. The van der Waals surface area contributed by atoms with Crippen molar-refractivity contribution in [1.82, 2.24) is 20.2 Å². The third kappa shape index (κ3) is 4.40. The first-order valence-electron chi connectivity index (χ1n) is 9.46. The van der Waals surface area contributed by atoms with Crippen LogP contribution in [0.25, 0.3) is 0 Å². The van der Waals surface area contributed by atoms with E-state index in [1.54, 1.807) is 20.8 Å². The fraction of sp³-hybridized carbons (Fsp3) is 0.632. The highest BCUT2D eigenvalue weighted by Crippen LogP contribution is 2.40. The van der Waals surface area contributed by atoms with Gasteiger partial charge < -0.3 is 20.1 Å². The minimum absolute atomic E-state index is 0.0689. The Kier molecular flexibility index (Phi) is 5.53. The molecule has 0 spiro atoms. The first-order valence-corrected chi connectivity index (χ1v) is 9.46. The first-order chi connectivity index (χ1) is 13.2.